The Morgan fingerprint density at radius 1 is 1.15 bits per heavy atom. The first-order valence-electron chi connectivity index (χ1n) is 13.2. The lowest BCUT2D eigenvalue weighted by Crippen LogP contribution is -2.46. The van der Waals surface area contributed by atoms with E-state index < -0.39 is 32.5 Å². The van der Waals surface area contributed by atoms with Gasteiger partial charge in [0.15, 0.2) is 0 Å². The molecule has 1 N–H and O–H groups in total. The molecule has 0 bridgehead atoms. The van der Waals surface area contributed by atoms with Crippen LogP contribution in [0.5, 0.6) is 0 Å². The standard InChI is InChI=1S/C30H38F2N4O3S/c1-8-36(40(38,39)23-14-12-22(13-15-23)34-21(3)37)19-30(6)17-16-24(29(30,4)5)20(2)18-27(35-33-7)28-25(31)10-9-11-26(28)32/h9-15,18,24H,2,8,16-17,19H2,1,3-7H3,(H,34,37)/b27-18-,35-33?. The molecular formula is C30H38F2N4O3S. The molecule has 0 aromatic heterocycles. The van der Waals surface area contributed by atoms with E-state index in [0.717, 1.165) is 12.8 Å². The van der Waals surface area contributed by atoms with Crippen LogP contribution in [0.3, 0.4) is 0 Å². The van der Waals surface area contributed by atoms with Crippen molar-refractivity contribution >= 4 is 27.3 Å². The zero-order chi connectivity index (χ0) is 29.9. The van der Waals surface area contributed by atoms with Gasteiger partial charge < -0.3 is 5.32 Å². The molecule has 0 heterocycles. The van der Waals surface area contributed by atoms with Crippen molar-refractivity contribution in [2.24, 2.45) is 27.0 Å². The zero-order valence-electron chi connectivity index (χ0n) is 24.0. The molecule has 2 aromatic carbocycles. The second-order valence-electron chi connectivity index (χ2n) is 11.0. The van der Waals surface area contributed by atoms with Crippen LogP contribution in [0, 0.1) is 28.4 Å². The molecule has 0 radical (unpaired) electrons. The maximum atomic E-state index is 14.5. The molecule has 40 heavy (non-hydrogen) atoms. The summed E-state index contributed by atoms with van der Waals surface area (Å²) >= 11 is 0. The highest BCUT2D eigenvalue weighted by atomic mass is 32.2. The molecule has 1 aliphatic rings. The summed E-state index contributed by atoms with van der Waals surface area (Å²) < 4.78 is 57.8. The number of carbonyl (C=O) groups is 1. The third kappa shape index (κ3) is 6.23. The smallest absolute Gasteiger partial charge is 0.243 e. The molecule has 0 spiro atoms. The number of anilines is 1. The van der Waals surface area contributed by atoms with Crippen LogP contribution < -0.4 is 5.32 Å². The number of rotatable bonds is 10. The maximum Gasteiger partial charge on any atom is 0.243 e. The van der Waals surface area contributed by atoms with E-state index in [1.165, 1.54) is 48.6 Å². The summed E-state index contributed by atoms with van der Waals surface area (Å²) in [7, 11) is -2.38. The predicted octanol–water partition coefficient (Wildman–Crippen LogP) is 7.06. The highest BCUT2D eigenvalue weighted by Gasteiger charge is 2.53. The third-order valence-corrected chi connectivity index (χ3v) is 10.2. The normalized spacial score (nSPS) is 21.2. The Morgan fingerprint density at radius 2 is 1.75 bits per heavy atom. The third-order valence-electron chi connectivity index (χ3n) is 8.30. The number of nitrogens with zero attached hydrogens (tertiary/aromatic N) is 3. The van der Waals surface area contributed by atoms with Gasteiger partial charge in [0, 0.05) is 32.7 Å². The summed E-state index contributed by atoms with van der Waals surface area (Å²) in [5.41, 5.74) is 0.113. The fourth-order valence-corrected chi connectivity index (χ4v) is 7.17. The van der Waals surface area contributed by atoms with E-state index in [-0.39, 0.29) is 41.1 Å². The van der Waals surface area contributed by atoms with Gasteiger partial charge in [-0.15, -0.1) is 0 Å². The summed E-state index contributed by atoms with van der Waals surface area (Å²) in [4.78, 5) is 11.5. The number of allylic oxidation sites excluding steroid dienone is 2. The monoisotopic (exact) mass is 572 g/mol. The number of sulfonamides is 1. The Hall–Kier alpha value is -3.24. The molecule has 7 nitrogen and oxygen atoms in total. The maximum absolute atomic E-state index is 14.5. The minimum Gasteiger partial charge on any atom is -0.326 e. The molecule has 1 amide bonds. The Morgan fingerprint density at radius 3 is 2.27 bits per heavy atom. The van der Waals surface area contributed by atoms with Crippen molar-refractivity contribution in [2.75, 3.05) is 25.5 Å². The van der Waals surface area contributed by atoms with Crippen molar-refractivity contribution in [1.82, 2.24) is 4.31 Å². The molecule has 0 aliphatic heterocycles. The van der Waals surface area contributed by atoms with Crippen molar-refractivity contribution in [3.05, 3.63) is 77.9 Å². The van der Waals surface area contributed by atoms with Crippen molar-refractivity contribution in [1.29, 1.82) is 0 Å². The molecule has 1 fully saturated rings. The lowest BCUT2D eigenvalue weighted by atomic mass is 9.64. The van der Waals surface area contributed by atoms with Gasteiger partial charge in [0.1, 0.15) is 11.6 Å². The summed E-state index contributed by atoms with van der Waals surface area (Å²) in [5.74, 6) is -1.81. The summed E-state index contributed by atoms with van der Waals surface area (Å²) in [6, 6.07) is 9.76. The molecule has 2 unspecified atom stereocenters. The highest BCUT2D eigenvalue weighted by molar-refractivity contribution is 7.89. The molecule has 216 valence electrons. The SMILES string of the molecule is C=C(/C=C(\N=NC)c1c(F)cccc1F)C1CCC(C)(CN(CC)S(=O)(=O)c2ccc(NC(C)=O)cc2)C1(C)C. The van der Waals surface area contributed by atoms with Gasteiger partial charge >= 0.3 is 0 Å². The Bertz CT molecular complexity index is 1420. The summed E-state index contributed by atoms with van der Waals surface area (Å²) in [6.45, 7) is 14.2. The van der Waals surface area contributed by atoms with Gasteiger partial charge in [-0.2, -0.15) is 14.5 Å². The van der Waals surface area contributed by atoms with E-state index in [1.54, 1.807) is 25.1 Å². The molecule has 0 saturated heterocycles. The first-order chi connectivity index (χ1) is 18.7. The fraction of sp³-hybridized carbons (Fsp3) is 0.433. The van der Waals surface area contributed by atoms with E-state index >= 15 is 0 Å². The average Bonchev–Trinajstić information content (AvgIpc) is 3.10. The van der Waals surface area contributed by atoms with Crippen LogP contribution >= 0.6 is 0 Å². The van der Waals surface area contributed by atoms with Crippen molar-refractivity contribution in [2.45, 2.75) is 52.4 Å². The lowest BCUT2D eigenvalue weighted by Gasteiger charge is -2.44. The molecule has 3 rings (SSSR count). The number of benzene rings is 2. The second-order valence-corrected chi connectivity index (χ2v) is 12.9. The van der Waals surface area contributed by atoms with Gasteiger partial charge in [0.05, 0.1) is 16.2 Å². The quantitative estimate of drug-likeness (QED) is 0.244. The van der Waals surface area contributed by atoms with E-state index in [4.69, 9.17) is 0 Å². The zero-order valence-corrected chi connectivity index (χ0v) is 24.8. The van der Waals surface area contributed by atoms with E-state index in [0.29, 0.717) is 11.3 Å². The summed E-state index contributed by atoms with van der Waals surface area (Å²) in [6.07, 6.45) is 3.03. The van der Waals surface area contributed by atoms with Crippen LogP contribution in [-0.2, 0) is 14.8 Å². The number of azo groups is 1. The number of hydrogen-bond donors (Lipinski definition) is 1. The van der Waals surface area contributed by atoms with Gasteiger partial charge in [-0.05, 0) is 77.6 Å². The predicted molar refractivity (Wildman–Crippen MR) is 154 cm³/mol. The largest absolute Gasteiger partial charge is 0.326 e. The number of halogens is 2. The Kier molecular flexibility index (Phi) is 9.46. The first-order valence-corrected chi connectivity index (χ1v) is 14.6. The summed E-state index contributed by atoms with van der Waals surface area (Å²) in [5, 5.41) is 10.4. The Labute approximate surface area is 236 Å². The van der Waals surface area contributed by atoms with Crippen molar-refractivity contribution in [3.63, 3.8) is 0 Å². The second kappa shape index (κ2) is 12.1. The van der Waals surface area contributed by atoms with Crippen LogP contribution in [-0.4, -0.2) is 38.8 Å². The number of nitrogens with one attached hydrogen (secondary N) is 1. The van der Waals surface area contributed by atoms with Crippen molar-refractivity contribution < 1.29 is 22.0 Å². The van der Waals surface area contributed by atoms with Gasteiger partial charge in [0.2, 0.25) is 15.9 Å². The minimum atomic E-state index is -3.81. The van der Waals surface area contributed by atoms with Gasteiger partial charge in [-0.3, -0.25) is 4.79 Å². The lowest BCUT2D eigenvalue weighted by molar-refractivity contribution is -0.114. The number of hydrogen-bond acceptors (Lipinski definition) is 5. The molecular weight excluding hydrogens is 534 g/mol. The van der Waals surface area contributed by atoms with Crippen LogP contribution in [0.25, 0.3) is 5.70 Å². The van der Waals surface area contributed by atoms with Gasteiger partial charge in [-0.25, -0.2) is 17.2 Å². The van der Waals surface area contributed by atoms with Gasteiger partial charge in [-0.1, -0.05) is 40.3 Å². The molecule has 1 saturated carbocycles. The van der Waals surface area contributed by atoms with Crippen LogP contribution in [0.15, 0.2) is 75.8 Å². The highest BCUT2D eigenvalue weighted by Crippen LogP contribution is 2.58. The molecule has 10 heteroatoms. The van der Waals surface area contributed by atoms with E-state index in [1.807, 2.05) is 0 Å². The first kappa shape index (κ1) is 31.3. The van der Waals surface area contributed by atoms with Crippen LogP contribution in [0.2, 0.25) is 0 Å². The van der Waals surface area contributed by atoms with E-state index in [9.17, 15) is 22.0 Å². The van der Waals surface area contributed by atoms with E-state index in [2.05, 4.69) is 42.9 Å². The number of carbonyl (C=O) groups excluding carboxylic acids is 1. The van der Waals surface area contributed by atoms with Crippen molar-refractivity contribution in [3.8, 4) is 0 Å². The Balaban J connectivity index is 1.89. The van der Waals surface area contributed by atoms with Crippen LogP contribution in [0.4, 0.5) is 14.5 Å². The molecule has 1 aliphatic carbocycles. The van der Waals surface area contributed by atoms with Gasteiger partial charge in [0.25, 0.3) is 0 Å². The van der Waals surface area contributed by atoms with Crippen LogP contribution in [0.1, 0.15) is 53.0 Å². The average molecular weight is 573 g/mol. The number of amides is 1. The molecule has 2 aromatic rings. The fourth-order valence-electron chi connectivity index (χ4n) is 5.59. The molecule has 2 atom stereocenters. The minimum absolute atomic E-state index is 0.0491. The topological polar surface area (TPSA) is 91.2 Å².